The second-order valence-corrected chi connectivity index (χ2v) is 4.55. The molecule has 0 amide bonds. The highest BCUT2D eigenvalue weighted by Crippen LogP contribution is 2.15. The van der Waals surface area contributed by atoms with Gasteiger partial charge in [0, 0.05) is 0 Å². The molecule has 1 aliphatic heterocycles. The van der Waals surface area contributed by atoms with Crippen LogP contribution in [0, 0.1) is 11.8 Å². The monoisotopic (exact) mass is 199 g/mol. The highest BCUT2D eigenvalue weighted by Gasteiger charge is 2.30. The van der Waals surface area contributed by atoms with Crippen molar-refractivity contribution in [1.82, 2.24) is 5.32 Å². The molecule has 0 bridgehead atoms. The number of hydrogen-bond acceptors (Lipinski definition) is 3. The molecule has 0 spiro atoms. The summed E-state index contributed by atoms with van der Waals surface area (Å²) in [6, 6.07) is -0.0674. The molecule has 1 rings (SSSR count). The summed E-state index contributed by atoms with van der Waals surface area (Å²) in [5.74, 6) is 0.939. The molecule has 1 saturated heterocycles. The molecule has 1 fully saturated rings. The van der Waals surface area contributed by atoms with E-state index >= 15 is 0 Å². The Morgan fingerprint density at radius 3 is 2.79 bits per heavy atom. The zero-order valence-electron chi connectivity index (χ0n) is 9.38. The van der Waals surface area contributed by atoms with Gasteiger partial charge in [0.25, 0.3) is 0 Å². The third-order valence-electron chi connectivity index (χ3n) is 2.73. The van der Waals surface area contributed by atoms with Crippen LogP contribution in [0.4, 0.5) is 0 Å². The Labute approximate surface area is 86.2 Å². The zero-order chi connectivity index (χ0) is 10.6. The molecule has 3 nitrogen and oxygen atoms in total. The van der Waals surface area contributed by atoms with Gasteiger partial charge in [0.05, 0.1) is 6.61 Å². The van der Waals surface area contributed by atoms with E-state index in [1.165, 1.54) is 0 Å². The maximum absolute atomic E-state index is 11.6. The largest absolute Gasteiger partial charge is 0.465 e. The molecule has 0 aromatic rings. The van der Waals surface area contributed by atoms with Crippen LogP contribution >= 0.6 is 0 Å². The summed E-state index contributed by atoms with van der Waals surface area (Å²) >= 11 is 0. The fourth-order valence-corrected chi connectivity index (χ4v) is 1.63. The Bertz CT molecular complexity index is 192. The summed E-state index contributed by atoms with van der Waals surface area (Å²) in [5, 5.41) is 3.17. The van der Waals surface area contributed by atoms with Gasteiger partial charge in [-0.05, 0) is 31.2 Å². The van der Waals surface area contributed by atoms with Crippen LogP contribution in [0.15, 0.2) is 0 Å². The molecular weight excluding hydrogens is 178 g/mol. The average molecular weight is 199 g/mol. The molecule has 1 aliphatic rings. The quantitative estimate of drug-likeness (QED) is 0.698. The average Bonchev–Trinajstić information content (AvgIpc) is 2.50. The number of ether oxygens (including phenoxy) is 1. The molecule has 14 heavy (non-hydrogen) atoms. The lowest BCUT2D eigenvalue weighted by Crippen LogP contribution is -2.36. The van der Waals surface area contributed by atoms with E-state index in [0.717, 1.165) is 19.4 Å². The minimum absolute atomic E-state index is 0.0674. The van der Waals surface area contributed by atoms with Crippen LogP contribution in [0.25, 0.3) is 0 Å². The van der Waals surface area contributed by atoms with Gasteiger partial charge in [0.15, 0.2) is 0 Å². The van der Waals surface area contributed by atoms with Gasteiger partial charge in [-0.1, -0.05) is 20.8 Å². The second kappa shape index (κ2) is 5.35. The Kier molecular flexibility index (Phi) is 4.39. The van der Waals surface area contributed by atoms with Crippen molar-refractivity contribution in [3.05, 3.63) is 0 Å². The van der Waals surface area contributed by atoms with Crippen molar-refractivity contribution in [2.24, 2.45) is 11.8 Å². The molecule has 82 valence electrons. The lowest BCUT2D eigenvalue weighted by Gasteiger charge is -2.14. The number of esters is 1. The number of rotatable bonds is 4. The molecular formula is C11H21NO2. The van der Waals surface area contributed by atoms with Gasteiger partial charge >= 0.3 is 5.97 Å². The first-order valence-corrected chi connectivity index (χ1v) is 5.51. The number of hydrogen-bond donors (Lipinski definition) is 1. The fraction of sp³-hybridized carbons (Fsp3) is 0.909. The van der Waals surface area contributed by atoms with Crippen LogP contribution in [0.2, 0.25) is 0 Å². The molecule has 0 aromatic heterocycles. The van der Waals surface area contributed by atoms with Gasteiger partial charge in [-0.3, -0.25) is 4.79 Å². The van der Waals surface area contributed by atoms with Gasteiger partial charge in [0.2, 0.25) is 0 Å². The minimum Gasteiger partial charge on any atom is -0.465 e. The molecule has 0 aromatic carbocycles. The predicted octanol–water partition coefficient (Wildman–Crippen LogP) is 1.57. The van der Waals surface area contributed by atoms with Crippen molar-refractivity contribution in [1.29, 1.82) is 0 Å². The Balaban J connectivity index is 2.21. The Hall–Kier alpha value is -0.570. The number of carbonyl (C=O) groups is 1. The van der Waals surface area contributed by atoms with Crippen molar-refractivity contribution >= 4 is 5.97 Å². The molecule has 2 unspecified atom stereocenters. The van der Waals surface area contributed by atoms with Gasteiger partial charge in [-0.15, -0.1) is 0 Å². The maximum atomic E-state index is 11.6. The smallest absolute Gasteiger partial charge is 0.323 e. The van der Waals surface area contributed by atoms with Crippen LogP contribution in [0.3, 0.4) is 0 Å². The lowest BCUT2D eigenvalue weighted by atomic mass is 10.0. The predicted molar refractivity (Wildman–Crippen MR) is 56.0 cm³/mol. The van der Waals surface area contributed by atoms with Crippen molar-refractivity contribution in [2.75, 3.05) is 13.2 Å². The van der Waals surface area contributed by atoms with Gasteiger partial charge in [-0.2, -0.15) is 0 Å². The van der Waals surface area contributed by atoms with E-state index in [9.17, 15) is 4.79 Å². The molecule has 2 atom stereocenters. The van der Waals surface area contributed by atoms with E-state index in [2.05, 4.69) is 26.1 Å². The van der Waals surface area contributed by atoms with E-state index < -0.39 is 0 Å². The van der Waals surface area contributed by atoms with Gasteiger partial charge < -0.3 is 10.1 Å². The minimum atomic E-state index is -0.0735. The Morgan fingerprint density at radius 1 is 1.57 bits per heavy atom. The van der Waals surface area contributed by atoms with E-state index in [4.69, 9.17) is 4.74 Å². The number of nitrogens with one attached hydrogen (secondary N) is 1. The van der Waals surface area contributed by atoms with Crippen molar-refractivity contribution in [3.8, 4) is 0 Å². The van der Waals surface area contributed by atoms with Gasteiger partial charge in [0.1, 0.15) is 6.04 Å². The molecule has 1 heterocycles. The highest BCUT2D eigenvalue weighted by atomic mass is 16.5. The summed E-state index contributed by atoms with van der Waals surface area (Å²) < 4.78 is 5.21. The molecule has 0 saturated carbocycles. The molecule has 3 heteroatoms. The first kappa shape index (κ1) is 11.5. The molecule has 0 aliphatic carbocycles. The van der Waals surface area contributed by atoms with Crippen LogP contribution in [0.1, 0.15) is 33.6 Å². The van der Waals surface area contributed by atoms with Crippen molar-refractivity contribution in [3.63, 3.8) is 0 Å². The third kappa shape index (κ3) is 3.29. The fourth-order valence-electron chi connectivity index (χ4n) is 1.63. The zero-order valence-corrected chi connectivity index (χ0v) is 9.38. The standard InChI is InChI=1S/C11H21NO2/c1-8(2)5-7-14-11(13)10-9(3)4-6-12-10/h8-10,12H,4-7H2,1-3H3. The lowest BCUT2D eigenvalue weighted by molar-refractivity contribution is -0.147. The van der Waals surface area contributed by atoms with Crippen LogP contribution in [-0.2, 0) is 9.53 Å². The third-order valence-corrected chi connectivity index (χ3v) is 2.73. The van der Waals surface area contributed by atoms with Gasteiger partial charge in [-0.25, -0.2) is 0 Å². The second-order valence-electron chi connectivity index (χ2n) is 4.55. The summed E-state index contributed by atoms with van der Waals surface area (Å²) in [6.45, 7) is 7.84. The highest BCUT2D eigenvalue weighted by molar-refractivity contribution is 5.76. The van der Waals surface area contributed by atoms with Crippen molar-refractivity contribution in [2.45, 2.75) is 39.7 Å². The van der Waals surface area contributed by atoms with Crippen LogP contribution in [0.5, 0.6) is 0 Å². The van der Waals surface area contributed by atoms with Crippen LogP contribution < -0.4 is 5.32 Å². The molecule has 1 N–H and O–H groups in total. The van der Waals surface area contributed by atoms with E-state index in [0.29, 0.717) is 18.4 Å². The maximum Gasteiger partial charge on any atom is 0.323 e. The summed E-state index contributed by atoms with van der Waals surface area (Å²) in [6.07, 6.45) is 2.02. The Morgan fingerprint density at radius 2 is 2.29 bits per heavy atom. The van der Waals surface area contributed by atoms with E-state index in [1.54, 1.807) is 0 Å². The SMILES string of the molecule is CC(C)CCOC(=O)C1NCCC1C. The van der Waals surface area contributed by atoms with Crippen molar-refractivity contribution < 1.29 is 9.53 Å². The topological polar surface area (TPSA) is 38.3 Å². The van der Waals surface area contributed by atoms with E-state index in [-0.39, 0.29) is 12.0 Å². The van der Waals surface area contributed by atoms with E-state index in [1.807, 2.05) is 0 Å². The molecule has 0 radical (unpaired) electrons. The normalized spacial score (nSPS) is 26.9. The van der Waals surface area contributed by atoms with Crippen LogP contribution in [-0.4, -0.2) is 25.2 Å². The number of carbonyl (C=O) groups excluding carboxylic acids is 1. The summed E-state index contributed by atoms with van der Waals surface area (Å²) in [7, 11) is 0. The summed E-state index contributed by atoms with van der Waals surface area (Å²) in [4.78, 5) is 11.6. The first-order chi connectivity index (χ1) is 6.61. The summed E-state index contributed by atoms with van der Waals surface area (Å²) in [5.41, 5.74) is 0. The first-order valence-electron chi connectivity index (χ1n) is 5.51.